The Labute approximate surface area is 233 Å². The number of carbonyl (C=O) groups is 1. The van der Waals surface area contributed by atoms with E-state index in [1.165, 1.54) is 38.8 Å². The van der Waals surface area contributed by atoms with Gasteiger partial charge in [-0.05, 0) is 76.0 Å². The van der Waals surface area contributed by atoms with Crippen molar-refractivity contribution >= 4 is 33.0 Å². The summed E-state index contributed by atoms with van der Waals surface area (Å²) in [6, 6.07) is 15.9. The van der Waals surface area contributed by atoms with Crippen LogP contribution in [0.5, 0.6) is 0 Å². The number of likely N-dealkylation sites (tertiary alicyclic amines) is 2. The molecule has 9 heteroatoms. The van der Waals surface area contributed by atoms with Crippen LogP contribution in [-0.2, 0) is 14.8 Å². The number of benzene rings is 2. The molecule has 0 aliphatic carbocycles. The molecule has 2 aromatic carbocycles. The molecule has 4 aliphatic heterocycles. The van der Waals surface area contributed by atoms with Crippen molar-refractivity contribution in [3.8, 4) is 11.3 Å². The lowest BCUT2D eigenvalue weighted by molar-refractivity contribution is -0.117. The molecule has 39 heavy (non-hydrogen) atoms. The molecule has 4 saturated heterocycles. The van der Waals surface area contributed by atoms with Gasteiger partial charge in [0.05, 0.1) is 4.90 Å². The van der Waals surface area contributed by atoms with E-state index < -0.39 is 10.0 Å². The zero-order valence-electron chi connectivity index (χ0n) is 22.8. The van der Waals surface area contributed by atoms with E-state index in [0.29, 0.717) is 23.4 Å². The lowest BCUT2D eigenvalue weighted by atomic mass is 9.86. The van der Waals surface area contributed by atoms with Crippen molar-refractivity contribution in [2.45, 2.75) is 37.0 Å². The minimum atomic E-state index is -3.40. The number of fused-ring (bicyclic) bond motifs is 1. The Bertz CT molecular complexity index is 1420. The van der Waals surface area contributed by atoms with Gasteiger partial charge in [-0.15, -0.1) is 0 Å². The molecule has 0 radical (unpaired) electrons. The first-order chi connectivity index (χ1) is 18.9. The van der Waals surface area contributed by atoms with Gasteiger partial charge in [-0.3, -0.25) is 4.79 Å². The molecular formula is C30H41N5O3S. The second kappa shape index (κ2) is 10.6. The summed E-state index contributed by atoms with van der Waals surface area (Å²) in [6.45, 7) is 7.62. The van der Waals surface area contributed by atoms with Crippen molar-refractivity contribution in [2.24, 2.45) is 5.41 Å². The SMILES string of the molecule is CN1CCC2(CCN(C=O)C2)C1.O=S(=O)(c1ccc(N2CCCC2)c(-c2cc3ccccc3[nH]2)c1)N1CCC1.[HH]. The summed E-state index contributed by atoms with van der Waals surface area (Å²) in [4.78, 5) is 21.1. The second-order valence-electron chi connectivity index (χ2n) is 11.7. The summed E-state index contributed by atoms with van der Waals surface area (Å²) in [5.74, 6) is 0. The highest BCUT2D eigenvalue weighted by Crippen LogP contribution is 2.38. The van der Waals surface area contributed by atoms with Gasteiger partial charge in [-0.2, -0.15) is 4.31 Å². The highest BCUT2D eigenvalue weighted by molar-refractivity contribution is 7.89. The molecule has 1 N–H and O–H groups in total. The number of para-hydroxylation sites is 1. The monoisotopic (exact) mass is 551 g/mol. The molecule has 210 valence electrons. The van der Waals surface area contributed by atoms with Crippen LogP contribution in [0.3, 0.4) is 0 Å². The minimum Gasteiger partial charge on any atom is -0.371 e. The van der Waals surface area contributed by atoms with E-state index >= 15 is 0 Å². The molecule has 4 fully saturated rings. The first-order valence-electron chi connectivity index (χ1n) is 14.2. The van der Waals surface area contributed by atoms with Gasteiger partial charge in [-0.25, -0.2) is 8.42 Å². The average Bonchev–Trinajstić information content (AvgIpc) is 3.70. The number of aromatic amines is 1. The summed E-state index contributed by atoms with van der Waals surface area (Å²) in [7, 11) is -1.24. The number of hydrogen-bond acceptors (Lipinski definition) is 5. The normalized spacial score (nSPS) is 23.8. The summed E-state index contributed by atoms with van der Waals surface area (Å²) >= 11 is 0. The number of nitrogens with one attached hydrogen (secondary N) is 1. The second-order valence-corrected chi connectivity index (χ2v) is 13.7. The maximum absolute atomic E-state index is 12.9. The van der Waals surface area contributed by atoms with E-state index in [1.807, 2.05) is 29.2 Å². The van der Waals surface area contributed by atoms with Gasteiger partial charge in [0.1, 0.15) is 0 Å². The Morgan fingerprint density at radius 1 is 0.897 bits per heavy atom. The summed E-state index contributed by atoms with van der Waals surface area (Å²) in [5, 5.41) is 1.14. The van der Waals surface area contributed by atoms with Gasteiger partial charge in [0, 0.05) is 80.5 Å². The fraction of sp³-hybridized carbons (Fsp3) is 0.500. The molecule has 1 atom stereocenters. The number of hydrogen-bond donors (Lipinski definition) is 1. The van der Waals surface area contributed by atoms with Gasteiger partial charge in [0.15, 0.2) is 0 Å². The van der Waals surface area contributed by atoms with Crippen LogP contribution in [0.4, 0.5) is 5.69 Å². The summed E-state index contributed by atoms with van der Waals surface area (Å²) in [6.07, 6.45) is 6.77. The van der Waals surface area contributed by atoms with Crippen LogP contribution in [0, 0.1) is 5.41 Å². The third-order valence-corrected chi connectivity index (χ3v) is 10.8. The molecule has 8 nitrogen and oxygen atoms in total. The smallest absolute Gasteiger partial charge is 0.243 e. The molecule has 5 heterocycles. The molecular weight excluding hydrogens is 510 g/mol. The zero-order valence-corrected chi connectivity index (χ0v) is 23.6. The predicted octanol–water partition coefficient (Wildman–Crippen LogP) is 4.25. The summed E-state index contributed by atoms with van der Waals surface area (Å²) < 4.78 is 27.4. The molecule has 1 amide bonds. The number of aromatic nitrogens is 1. The number of rotatable bonds is 5. The van der Waals surface area contributed by atoms with Crippen LogP contribution in [0.1, 0.15) is 33.5 Å². The van der Waals surface area contributed by atoms with Crippen LogP contribution < -0.4 is 4.90 Å². The largest absolute Gasteiger partial charge is 0.371 e. The Balaban J connectivity index is 0.000000209. The lowest BCUT2D eigenvalue weighted by Crippen LogP contribution is -2.41. The van der Waals surface area contributed by atoms with Crippen LogP contribution in [0.25, 0.3) is 22.2 Å². The third-order valence-electron chi connectivity index (χ3n) is 8.93. The van der Waals surface area contributed by atoms with E-state index in [0.717, 1.165) is 66.9 Å². The number of nitrogens with zero attached hydrogens (tertiary/aromatic N) is 4. The lowest BCUT2D eigenvalue weighted by Gasteiger charge is -2.30. The molecule has 4 aliphatic rings. The molecule has 1 unspecified atom stereocenters. The first kappa shape index (κ1) is 26.3. The molecule has 0 saturated carbocycles. The van der Waals surface area contributed by atoms with E-state index in [1.54, 1.807) is 10.4 Å². The minimum absolute atomic E-state index is 0. The topological polar surface area (TPSA) is 80.0 Å². The molecule has 7 rings (SSSR count). The van der Waals surface area contributed by atoms with Crippen molar-refractivity contribution in [3.63, 3.8) is 0 Å². The van der Waals surface area contributed by atoms with E-state index in [2.05, 4.69) is 40.0 Å². The fourth-order valence-electron chi connectivity index (χ4n) is 6.57. The van der Waals surface area contributed by atoms with Gasteiger partial charge < -0.3 is 19.7 Å². The Morgan fingerprint density at radius 2 is 1.67 bits per heavy atom. The third kappa shape index (κ3) is 5.19. The standard InChI is InChI=1S/C21H23N3O2S.C9H16N2O.H2/c25-27(26,24-12-5-13-24)17-8-9-21(23-10-3-4-11-23)18(15-17)20-14-16-6-1-2-7-19(16)22-20;1-10-4-2-9(6-10)3-5-11(7-9)8-12;/h1-2,6-9,14-15,22H,3-5,10-13H2;8H,2-7H2,1H3;1H. The maximum atomic E-state index is 12.9. The number of H-pyrrole nitrogens is 1. The maximum Gasteiger partial charge on any atom is 0.243 e. The highest BCUT2D eigenvalue weighted by atomic mass is 32.2. The summed E-state index contributed by atoms with van der Waals surface area (Å²) in [5.41, 5.74) is 4.57. The molecule has 1 spiro atoms. The van der Waals surface area contributed by atoms with Crippen molar-refractivity contribution in [3.05, 3.63) is 48.5 Å². The van der Waals surface area contributed by atoms with Crippen LogP contribution in [0.2, 0.25) is 0 Å². The first-order valence-corrected chi connectivity index (χ1v) is 15.7. The number of sulfonamides is 1. The molecule has 1 aromatic heterocycles. The van der Waals surface area contributed by atoms with Crippen molar-refractivity contribution in [2.75, 3.05) is 64.3 Å². The Kier molecular flexibility index (Phi) is 7.16. The van der Waals surface area contributed by atoms with Crippen LogP contribution in [-0.4, -0.2) is 93.3 Å². The average molecular weight is 552 g/mol. The van der Waals surface area contributed by atoms with Gasteiger partial charge in [0.2, 0.25) is 16.4 Å². The fourth-order valence-corrected chi connectivity index (χ4v) is 8.12. The number of anilines is 1. The number of amides is 1. The molecule has 3 aromatic rings. The van der Waals surface area contributed by atoms with E-state index in [4.69, 9.17) is 0 Å². The van der Waals surface area contributed by atoms with Crippen molar-refractivity contribution in [1.82, 2.24) is 19.1 Å². The Morgan fingerprint density at radius 3 is 2.31 bits per heavy atom. The Hall–Kier alpha value is -2.88. The predicted molar refractivity (Wildman–Crippen MR) is 157 cm³/mol. The quantitative estimate of drug-likeness (QED) is 0.480. The molecule has 0 bridgehead atoms. The zero-order chi connectivity index (χ0) is 27.0. The van der Waals surface area contributed by atoms with Gasteiger partial charge in [0.25, 0.3) is 0 Å². The van der Waals surface area contributed by atoms with Gasteiger partial charge >= 0.3 is 0 Å². The van der Waals surface area contributed by atoms with Crippen molar-refractivity contribution in [1.29, 1.82) is 0 Å². The van der Waals surface area contributed by atoms with E-state index in [-0.39, 0.29) is 1.43 Å². The van der Waals surface area contributed by atoms with Gasteiger partial charge in [-0.1, -0.05) is 18.2 Å². The van der Waals surface area contributed by atoms with Crippen molar-refractivity contribution < 1.29 is 14.6 Å². The van der Waals surface area contributed by atoms with Crippen LogP contribution >= 0.6 is 0 Å². The van der Waals surface area contributed by atoms with Crippen LogP contribution in [0.15, 0.2) is 53.4 Å². The highest BCUT2D eigenvalue weighted by Gasteiger charge is 2.41. The van der Waals surface area contributed by atoms with E-state index in [9.17, 15) is 13.2 Å². The number of carbonyl (C=O) groups excluding carboxylic acids is 1.